The Bertz CT molecular complexity index is 1230. The highest BCUT2D eigenvalue weighted by molar-refractivity contribution is 5.87. The van der Waals surface area contributed by atoms with E-state index in [0.29, 0.717) is 24.2 Å². The number of benzene rings is 2. The summed E-state index contributed by atoms with van der Waals surface area (Å²) in [6.45, 7) is -0.0175. The van der Waals surface area contributed by atoms with Gasteiger partial charge in [-0.25, -0.2) is 0 Å². The van der Waals surface area contributed by atoms with Crippen molar-refractivity contribution in [1.29, 1.82) is 0 Å². The molecule has 3 atom stereocenters. The van der Waals surface area contributed by atoms with Crippen molar-refractivity contribution in [3.63, 3.8) is 0 Å². The van der Waals surface area contributed by atoms with Crippen LogP contribution in [0.3, 0.4) is 0 Å². The maximum absolute atomic E-state index is 13.8. The van der Waals surface area contributed by atoms with E-state index >= 15 is 0 Å². The van der Waals surface area contributed by atoms with E-state index in [-0.39, 0.29) is 24.5 Å². The topological polar surface area (TPSA) is 82.5 Å². The predicted octanol–water partition coefficient (Wildman–Crippen LogP) is 5.90. The third kappa shape index (κ3) is 4.27. The zero-order valence-corrected chi connectivity index (χ0v) is 18.5. The van der Waals surface area contributed by atoms with E-state index in [4.69, 9.17) is 9.84 Å². The lowest BCUT2D eigenvalue weighted by atomic mass is 9.90. The number of rotatable bonds is 6. The molecular formula is C26H26F3NO4. The van der Waals surface area contributed by atoms with Gasteiger partial charge in [0.25, 0.3) is 0 Å². The number of aromatic amines is 1. The molecule has 0 aliphatic heterocycles. The normalized spacial score (nSPS) is 22.3. The van der Waals surface area contributed by atoms with Crippen molar-refractivity contribution in [2.75, 3.05) is 0 Å². The number of halogens is 3. The Morgan fingerprint density at radius 1 is 1.12 bits per heavy atom. The average Bonchev–Trinajstić information content (AvgIpc) is 3.47. The molecule has 0 bridgehead atoms. The largest absolute Gasteiger partial charge is 0.489 e. The number of hydrogen-bond donors (Lipinski definition) is 3. The Labute approximate surface area is 194 Å². The second kappa shape index (κ2) is 8.65. The number of carbonyl (C=O) groups is 1. The van der Waals surface area contributed by atoms with Crippen LogP contribution in [0.25, 0.3) is 10.9 Å². The first-order valence-corrected chi connectivity index (χ1v) is 11.6. The Morgan fingerprint density at radius 3 is 2.65 bits per heavy atom. The third-order valence-electron chi connectivity index (χ3n) is 7.19. The fourth-order valence-corrected chi connectivity index (χ4v) is 5.57. The monoisotopic (exact) mass is 473 g/mol. The van der Waals surface area contributed by atoms with E-state index in [2.05, 4.69) is 4.98 Å². The van der Waals surface area contributed by atoms with Gasteiger partial charge in [-0.3, -0.25) is 4.79 Å². The Morgan fingerprint density at radius 2 is 1.94 bits per heavy atom. The van der Waals surface area contributed by atoms with Crippen LogP contribution < -0.4 is 4.74 Å². The van der Waals surface area contributed by atoms with Crippen LogP contribution in [0.4, 0.5) is 13.2 Å². The van der Waals surface area contributed by atoms with Crippen LogP contribution in [0.2, 0.25) is 0 Å². The Hall–Kier alpha value is -3.00. The summed E-state index contributed by atoms with van der Waals surface area (Å²) in [5.41, 5.74) is 2.79. The quantitative estimate of drug-likeness (QED) is 0.416. The second-order valence-corrected chi connectivity index (χ2v) is 9.37. The summed E-state index contributed by atoms with van der Waals surface area (Å²) in [7, 11) is 0. The summed E-state index contributed by atoms with van der Waals surface area (Å²) >= 11 is 0. The molecule has 34 heavy (non-hydrogen) atoms. The van der Waals surface area contributed by atoms with Gasteiger partial charge in [0.15, 0.2) is 0 Å². The second-order valence-electron chi connectivity index (χ2n) is 9.37. The molecule has 1 heterocycles. The summed E-state index contributed by atoms with van der Waals surface area (Å²) in [5.74, 6) is -0.816. The highest BCUT2D eigenvalue weighted by Gasteiger charge is 2.38. The number of fused-ring (bicyclic) bond motifs is 3. The number of aliphatic carboxylic acids is 1. The molecule has 8 heteroatoms. The standard InChI is InChI=1S/C26H26F3NO4/c27-26(28,29)21-10-14(4-7-17(21)18-2-1-3-23(18)31)13-34-16-6-9-22-20(12-16)19-8-5-15(11-24(32)33)25(19)30-22/h4,6-7,9-10,12,15,18,23,30-31H,1-3,5,8,11,13H2,(H,32,33)/t15-,18+,23-/m0/s1. The number of hydrogen-bond acceptors (Lipinski definition) is 3. The van der Waals surface area contributed by atoms with Crippen LogP contribution in [0.1, 0.15) is 71.9 Å². The SMILES string of the molecule is O=C(O)C[C@@H]1CCc2c1[nH]c1ccc(OCc3ccc([C@H]4CCC[C@@H]4O)c(C(F)(F)F)c3)cc21. The fraction of sp³-hybridized carbons (Fsp3) is 0.423. The van der Waals surface area contributed by atoms with Crippen molar-refractivity contribution in [1.82, 2.24) is 4.98 Å². The van der Waals surface area contributed by atoms with Crippen LogP contribution >= 0.6 is 0 Å². The highest BCUT2D eigenvalue weighted by atomic mass is 19.4. The average molecular weight is 473 g/mol. The molecule has 0 amide bonds. The van der Waals surface area contributed by atoms with Crippen molar-refractivity contribution in [2.24, 2.45) is 0 Å². The van der Waals surface area contributed by atoms with Crippen LogP contribution in [-0.2, 0) is 24.0 Å². The molecule has 1 saturated carbocycles. The number of aliphatic hydroxyl groups excluding tert-OH is 1. The number of H-pyrrole nitrogens is 1. The van der Waals surface area contributed by atoms with Crippen LogP contribution in [-0.4, -0.2) is 27.3 Å². The minimum Gasteiger partial charge on any atom is -0.489 e. The molecular weight excluding hydrogens is 447 g/mol. The van der Waals surface area contributed by atoms with Gasteiger partial charge in [-0.2, -0.15) is 13.2 Å². The van der Waals surface area contributed by atoms with Gasteiger partial charge < -0.3 is 19.9 Å². The van der Waals surface area contributed by atoms with Crippen molar-refractivity contribution < 1.29 is 32.9 Å². The van der Waals surface area contributed by atoms with E-state index in [1.165, 1.54) is 6.07 Å². The zero-order valence-electron chi connectivity index (χ0n) is 18.5. The van der Waals surface area contributed by atoms with Crippen molar-refractivity contribution >= 4 is 16.9 Å². The molecule has 3 N–H and O–H groups in total. The number of ether oxygens (including phenoxy) is 1. The lowest BCUT2D eigenvalue weighted by Crippen LogP contribution is -2.18. The number of nitrogens with one attached hydrogen (secondary N) is 1. The number of aryl methyl sites for hydroxylation is 1. The molecule has 5 nitrogen and oxygen atoms in total. The first kappa shape index (κ1) is 22.8. The predicted molar refractivity (Wildman–Crippen MR) is 120 cm³/mol. The molecule has 2 aromatic carbocycles. The van der Waals surface area contributed by atoms with Gasteiger partial charge in [0.1, 0.15) is 12.4 Å². The van der Waals surface area contributed by atoms with Gasteiger partial charge in [0.2, 0.25) is 0 Å². The van der Waals surface area contributed by atoms with Crippen LogP contribution in [0, 0.1) is 0 Å². The first-order valence-electron chi connectivity index (χ1n) is 11.6. The molecule has 2 aliphatic carbocycles. The molecule has 0 saturated heterocycles. The number of carboxylic acid groups (broad SMARTS) is 1. The number of alkyl halides is 3. The highest BCUT2D eigenvalue weighted by Crippen LogP contribution is 2.43. The van der Waals surface area contributed by atoms with E-state index in [9.17, 15) is 23.1 Å². The van der Waals surface area contributed by atoms with E-state index in [1.807, 2.05) is 12.1 Å². The number of aliphatic hydroxyl groups is 1. The van der Waals surface area contributed by atoms with E-state index in [1.54, 1.807) is 12.1 Å². The lowest BCUT2D eigenvalue weighted by molar-refractivity contribution is -0.139. The fourth-order valence-electron chi connectivity index (χ4n) is 5.57. The number of aromatic nitrogens is 1. The van der Waals surface area contributed by atoms with Crippen molar-refractivity contribution in [2.45, 2.75) is 69.2 Å². The summed E-state index contributed by atoms with van der Waals surface area (Å²) in [4.78, 5) is 14.5. The van der Waals surface area contributed by atoms with E-state index < -0.39 is 29.7 Å². The molecule has 180 valence electrons. The molecule has 2 aliphatic rings. The molecule has 1 fully saturated rings. The minimum atomic E-state index is -4.51. The smallest absolute Gasteiger partial charge is 0.416 e. The molecule has 3 aromatic rings. The summed E-state index contributed by atoms with van der Waals surface area (Å²) in [5, 5.41) is 20.2. The first-order chi connectivity index (χ1) is 16.2. The van der Waals surface area contributed by atoms with Gasteiger partial charge in [-0.1, -0.05) is 18.6 Å². The van der Waals surface area contributed by atoms with Crippen molar-refractivity contribution in [3.05, 3.63) is 64.3 Å². The van der Waals surface area contributed by atoms with E-state index in [0.717, 1.165) is 47.5 Å². The van der Waals surface area contributed by atoms with Gasteiger partial charge in [0, 0.05) is 28.4 Å². The molecule has 0 radical (unpaired) electrons. The molecule has 5 rings (SSSR count). The molecule has 0 unspecified atom stereocenters. The Kier molecular flexibility index (Phi) is 5.80. The maximum atomic E-state index is 13.8. The van der Waals surface area contributed by atoms with Gasteiger partial charge in [-0.05, 0) is 66.6 Å². The van der Waals surface area contributed by atoms with Gasteiger partial charge in [-0.15, -0.1) is 0 Å². The summed E-state index contributed by atoms with van der Waals surface area (Å²) < 4.78 is 47.2. The third-order valence-corrected chi connectivity index (χ3v) is 7.19. The van der Waals surface area contributed by atoms with Crippen LogP contribution in [0.5, 0.6) is 5.75 Å². The van der Waals surface area contributed by atoms with Gasteiger partial charge >= 0.3 is 12.1 Å². The lowest BCUT2D eigenvalue weighted by Gasteiger charge is -2.21. The summed E-state index contributed by atoms with van der Waals surface area (Å²) in [6, 6.07) is 9.72. The molecule has 1 aromatic heterocycles. The summed E-state index contributed by atoms with van der Waals surface area (Å²) in [6.07, 6.45) is -1.83. The Balaban J connectivity index is 1.36. The number of carboxylic acids is 1. The minimum absolute atomic E-state index is 0.0175. The van der Waals surface area contributed by atoms with Crippen molar-refractivity contribution in [3.8, 4) is 5.75 Å². The van der Waals surface area contributed by atoms with Gasteiger partial charge in [0.05, 0.1) is 18.1 Å². The maximum Gasteiger partial charge on any atom is 0.416 e. The molecule has 0 spiro atoms. The van der Waals surface area contributed by atoms with Crippen LogP contribution in [0.15, 0.2) is 36.4 Å². The zero-order chi connectivity index (χ0) is 24.0.